The van der Waals surface area contributed by atoms with E-state index in [2.05, 4.69) is 20.9 Å². The van der Waals surface area contributed by atoms with E-state index in [0.29, 0.717) is 12.6 Å². The molecule has 5 nitrogen and oxygen atoms in total. The number of aromatic nitrogens is 2. The van der Waals surface area contributed by atoms with Crippen LogP contribution < -0.4 is 10.2 Å². The van der Waals surface area contributed by atoms with E-state index in [9.17, 15) is 9.18 Å². The van der Waals surface area contributed by atoms with Gasteiger partial charge in [-0.2, -0.15) is 0 Å². The molecule has 2 fully saturated rings. The molecule has 1 aliphatic carbocycles. The number of imidazole rings is 1. The Bertz CT molecular complexity index is 1050. The van der Waals surface area contributed by atoms with Crippen LogP contribution in [0.25, 0.3) is 11.0 Å². The lowest BCUT2D eigenvalue weighted by Crippen LogP contribution is -2.43. The number of nitrogens with one attached hydrogen (secondary N) is 1. The van der Waals surface area contributed by atoms with Crippen molar-refractivity contribution in [3.8, 4) is 0 Å². The van der Waals surface area contributed by atoms with Crippen LogP contribution in [0.3, 0.4) is 0 Å². The third-order valence-corrected chi connectivity index (χ3v) is 6.74. The number of amides is 1. The summed E-state index contributed by atoms with van der Waals surface area (Å²) < 4.78 is 15.6. The van der Waals surface area contributed by atoms with Gasteiger partial charge >= 0.3 is 0 Å². The van der Waals surface area contributed by atoms with Gasteiger partial charge in [-0.05, 0) is 55.5 Å². The molecule has 1 saturated carbocycles. The van der Waals surface area contributed by atoms with Crippen molar-refractivity contribution in [1.29, 1.82) is 0 Å². The highest BCUT2D eigenvalue weighted by atomic mass is 19.1. The molecule has 6 heteroatoms. The molecular weight excluding hydrogens is 391 g/mol. The van der Waals surface area contributed by atoms with Crippen molar-refractivity contribution in [3.05, 3.63) is 59.9 Å². The van der Waals surface area contributed by atoms with Crippen LogP contribution in [0.1, 0.15) is 44.1 Å². The summed E-state index contributed by atoms with van der Waals surface area (Å²) >= 11 is 0. The average molecular weight is 421 g/mol. The van der Waals surface area contributed by atoms with Crippen molar-refractivity contribution in [2.45, 2.75) is 51.1 Å². The SMILES string of the molecule is O=C(NC1CCCC1)C1CCN(c2nc3ccccc3n2Cc2ccc(F)cc2)CC1. The number of carbonyl (C=O) groups excluding carboxylic acids is 1. The summed E-state index contributed by atoms with van der Waals surface area (Å²) in [5.74, 6) is 1.02. The van der Waals surface area contributed by atoms with Crippen molar-refractivity contribution in [2.24, 2.45) is 5.92 Å². The first-order valence-electron chi connectivity index (χ1n) is 11.4. The quantitative estimate of drug-likeness (QED) is 0.661. The van der Waals surface area contributed by atoms with Gasteiger partial charge < -0.3 is 14.8 Å². The standard InChI is InChI=1S/C25H29FN4O/c26-20-11-9-18(10-12-20)17-30-23-8-4-3-7-22(23)28-25(30)29-15-13-19(14-16-29)24(31)27-21-5-1-2-6-21/h3-4,7-12,19,21H,1-2,5-6,13-17H2,(H,27,31). The van der Waals surface area contributed by atoms with E-state index in [-0.39, 0.29) is 17.6 Å². The number of anilines is 1. The monoisotopic (exact) mass is 420 g/mol. The lowest BCUT2D eigenvalue weighted by molar-refractivity contribution is -0.126. The van der Waals surface area contributed by atoms with Crippen molar-refractivity contribution in [1.82, 2.24) is 14.9 Å². The van der Waals surface area contributed by atoms with Crippen LogP contribution in [0.5, 0.6) is 0 Å². The Labute approximate surface area is 182 Å². The van der Waals surface area contributed by atoms with Crippen LogP contribution in [-0.4, -0.2) is 34.6 Å². The fourth-order valence-electron chi connectivity index (χ4n) is 4.96. The molecule has 162 valence electrons. The second kappa shape index (κ2) is 8.69. The van der Waals surface area contributed by atoms with Crippen LogP contribution in [0.4, 0.5) is 10.3 Å². The smallest absolute Gasteiger partial charge is 0.223 e. The van der Waals surface area contributed by atoms with E-state index < -0.39 is 0 Å². The van der Waals surface area contributed by atoms with Gasteiger partial charge in [0.25, 0.3) is 0 Å². The van der Waals surface area contributed by atoms with E-state index >= 15 is 0 Å². The Balaban J connectivity index is 1.33. The topological polar surface area (TPSA) is 50.2 Å². The van der Waals surface area contributed by atoms with Gasteiger partial charge in [0.15, 0.2) is 0 Å². The van der Waals surface area contributed by atoms with Crippen LogP contribution in [0.2, 0.25) is 0 Å². The predicted octanol–water partition coefficient (Wildman–Crippen LogP) is 4.50. The van der Waals surface area contributed by atoms with E-state index in [1.165, 1.54) is 25.0 Å². The molecule has 2 heterocycles. The Morgan fingerprint density at radius 1 is 1.00 bits per heavy atom. The summed E-state index contributed by atoms with van der Waals surface area (Å²) in [6.07, 6.45) is 6.40. The molecule has 0 spiro atoms. The number of hydrogen-bond acceptors (Lipinski definition) is 3. The summed E-state index contributed by atoms with van der Waals surface area (Å²) in [5, 5.41) is 3.26. The van der Waals surface area contributed by atoms with Gasteiger partial charge in [0.05, 0.1) is 17.6 Å². The molecule has 0 atom stereocenters. The van der Waals surface area contributed by atoms with Gasteiger partial charge in [0.1, 0.15) is 5.82 Å². The van der Waals surface area contributed by atoms with E-state index in [0.717, 1.165) is 61.3 Å². The number of fused-ring (bicyclic) bond motifs is 1. The van der Waals surface area contributed by atoms with E-state index in [1.807, 2.05) is 30.3 Å². The third kappa shape index (κ3) is 4.29. The molecule has 1 aliphatic heterocycles. The van der Waals surface area contributed by atoms with Gasteiger partial charge in [-0.3, -0.25) is 4.79 Å². The Hall–Kier alpha value is -2.89. The maximum atomic E-state index is 13.4. The van der Waals surface area contributed by atoms with Crippen molar-refractivity contribution in [3.63, 3.8) is 0 Å². The Kier molecular flexibility index (Phi) is 5.62. The number of piperidine rings is 1. The molecule has 31 heavy (non-hydrogen) atoms. The highest BCUT2D eigenvalue weighted by Crippen LogP contribution is 2.28. The van der Waals surface area contributed by atoms with Crippen LogP contribution in [0, 0.1) is 11.7 Å². The average Bonchev–Trinajstić information content (AvgIpc) is 3.43. The second-order valence-electron chi connectivity index (χ2n) is 8.86. The van der Waals surface area contributed by atoms with Crippen LogP contribution in [-0.2, 0) is 11.3 Å². The van der Waals surface area contributed by atoms with Gasteiger partial charge in [0, 0.05) is 25.0 Å². The number of rotatable bonds is 5. The molecule has 2 aliphatic rings. The minimum absolute atomic E-state index is 0.0896. The summed E-state index contributed by atoms with van der Waals surface area (Å²) in [5.41, 5.74) is 3.07. The van der Waals surface area contributed by atoms with Crippen LogP contribution in [0.15, 0.2) is 48.5 Å². The van der Waals surface area contributed by atoms with Crippen LogP contribution >= 0.6 is 0 Å². The zero-order valence-electron chi connectivity index (χ0n) is 17.8. The third-order valence-electron chi connectivity index (χ3n) is 6.74. The maximum Gasteiger partial charge on any atom is 0.223 e. The highest BCUT2D eigenvalue weighted by Gasteiger charge is 2.29. The number of benzene rings is 2. The summed E-state index contributed by atoms with van der Waals surface area (Å²) in [6.45, 7) is 2.27. The highest BCUT2D eigenvalue weighted by molar-refractivity contribution is 5.80. The lowest BCUT2D eigenvalue weighted by atomic mass is 9.95. The first-order valence-corrected chi connectivity index (χ1v) is 11.4. The molecule has 1 saturated heterocycles. The fraction of sp³-hybridized carbons (Fsp3) is 0.440. The number of halogens is 1. The summed E-state index contributed by atoms with van der Waals surface area (Å²) in [4.78, 5) is 19.9. The molecule has 5 rings (SSSR count). The van der Waals surface area contributed by atoms with Gasteiger partial charge in [-0.15, -0.1) is 0 Å². The summed E-state index contributed by atoms with van der Waals surface area (Å²) in [7, 11) is 0. The minimum Gasteiger partial charge on any atom is -0.353 e. The number of carbonyl (C=O) groups is 1. The van der Waals surface area contributed by atoms with Gasteiger partial charge in [-0.25, -0.2) is 9.37 Å². The Morgan fingerprint density at radius 2 is 1.71 bits per heavy atom. The Morgan fingerprint density at radius 3 is 2.45 bits per heavy atom. The molecule has 1 aromatic heterocycles. The van der Waals surface area contributed by atoms with Crippen molar-refractivity contribution < 1.29 is 9.18 Å². The minimum atomic E-state index is -0.225. The van der Waals surface area contributed by atoms with Crippen molar-refractivity contribution in [2.75, 3.05) is 18.0 Å². The predicted molar refractivity (Wildman–Crippen MR) is 121 cm³/mol. The zero-order valence-corrected chi connectivity index (χ0v) is 17.8. The first-order chi connectivity index (χ1) is 15.2. The summed E-state index contributed by atoms with van der Waals surface area (Å²) in [6, 6.07) is 15.2. The van der Waals surface area contributed by atoms with Gasteiger partial charge in [-0.1, -0.05) is 37.1 Å². The largest absolute Gasteiger partial charge is 0.353 e. The fourth-order valence-corrected chi connectivity index (χ4v) is 4.96. The molecule has 0 bridgehead atoms. The second-order valence-corrected chi connectivity index (χ2v) is 8.86. The van der Waals surface area contributed by atoms with E-state index in [4.69, 9.17) is 4.98 Å². The lowest BCUT2D eigenvalue weighted by Gasteiger charge is -2.33. The molecule has 3 aromatic rings. The number of para-hydroxylation sites is 2. The molecule has 0 unspecified atom stereocenters. The molecule has 1 N–H and O–H groups in total. The molecule has 0 radical (unpaired) electrons. The normalized spacial score (nSPS) is 18.0. The molecule has 2 aromatic carbocycles. The number of hydrogen-bond donors (Lipinski definition) is 1. The zero-order chi connectivity index (χ0) is 21.2. The maximum absolute atomic E-state index is 13.4. The molecule has 1 amide bonds. The van der Waals surface area contributed by atoms with E-state index in [1.54, 1.807) is 0 Å². The van der Waals surface area contributed by atoms with Crippen molar-refractivity contribution >= 4 is 22.9 Å². The van der Waals surface area contributed by atoms with Gasteiger partial charge in [0.2, 0.25) is 11.9 Å². The number of nitrogens with zero attached hydrogens (tertiary/aromatic N) is 3. The first kappa shape index (κ1) is 20.0. The molecular formula is C25H29FN4O.